The fourth-order valence-corrected chi connectivity index (χ4v) is 2.04. The number of imidazole rings is 1. The van der Waals surface area contributed by atoms with Crippen LogP contribution in [0.25, 0.3) is 11.2 Å². The van der Waals surface area contributed by atoms with Gasteiger partial charge in [0, 0.05) is 4.57 Å². The quantitative estimate of drug-likeness (QED) is 0.723. The highest BCUT2D eigenvalue weighted by atomic mass is 31.1. The Bertz CT molecular complexity index is 639. The van der Waals surface area contributed by atoms with E-state index >= 15 is 0 Å². The van der Waals surface area contributed by atoms with Crippen molar-refractivity contribution in [3.8, 4) is 0 Å². The second-order valence-corrected chi connectivity index (χ2v) is 4.86. The number of fused-ring (bicyclic) bond motifs is 1. The van der Waals surface area contributed by atoms with Gasteiger partial charge < -0.3 is 10.5 Å². The molecule has 2 aromatic rings. The van der Waals surface area contributed by atoms with Gasteiger partial charge in [-0.25, -0.2) is 19.3 Å². The molecule has 0 saturated carbocycles. The Morgan fingerprint density at radius 1 is 1.52 bits per heavy atom. The van der Waals surface area contributed by atoms with E-state index < -0.39 is 27.3 Å². The van der Waals surface area contributed by atoms with Crippen molar-refractivity contribution in [2.75, 3.05) is 19.0 Å². The van der Waals surface area contributed by atoms with Crippen molar-refractivity contribution in [2.24, 2.45) is 0 Å². The molecule has 3 atom stereocenters. The van der Waals surface area contributed by atoms with Gasteiger partial charge in [0.05, 0.1) is 6.33 Å². The Morgan fingerprint density at radius 3 is 2.95 bits per heavy atom. The lowest BCUT2D eigenvalue weighted by molar-refractivity contribution is -0.0681. The molecule has 0 aromatic carbocycles. The fraction of sp³-hybridized carbons (Fsp3) is 0.500. The van der Waals surface area contributed by atoms with Crippen LogP contribution < -0.4 is 5.73 Å². The van der Waals surface area contributed by atoms with Crippen LogP contribution in [0.15, 0.2) is 12.7 Å². The maximum absolute atomic E-state index is 12.8. The van der Waals surface area contributed by atoms with E-state index in [2.05, 4.69) is 19.5 Å². The molecule has 0 saturated heterocycles. The Morgan fingerprint density at radius 2 is 2.29 bits per heavy atom. The Hall–Kier alpha value is -1.74. The van der Waals surface area contributed by atoms with E-state index in [4.69, 9.17) is 15.4 Å². The number of alkyl halides is 1. The number of nitrogens with two attached hydrogens (primary N) is 1. The summed E-state index contributed by atoms with van der Waals surface area (Å²) in [4.78, 5) is 20.5. The minimum Gasteiger partial charge on any atom is -0.382 e. The summed E-state index contributed by atoms with van der Waals surface area (Å²) in [6.45, 7) is 0.453. The van der Waals surface area contributed by atoms with E-state index in [0.717, 1.165) is 0 Å². The van der Waals surface area contributed by atoms with E-state index in [1.54, 1.807) is 11.5 Å². The van der Waals surface area contributed by atoms with Crippen LogP contribution in [0.4, 0.5) is 10.2 Å². The monoisotopic (exact) mass is 318 g/mol. The van der Waals surface area contributed by atoms with Crippen LogP contribution in [0.3, 0.4) is 0 Å². The van der Waals surface area contributed by atoms with Crippen molar-refractivity contribution in [1.29, 1.82) is 0 Å². The predicted octanol–water partition coefficient (Wildman–Crippen LogP) is 0.948. The molecule has 0 aliphatic heterocycles. The number of hydrogen-bond donors (Lipinski definition) is 2. The highest BCUT2D eigenvalue weighted by Crippen LogP contribution is 2.22. The zero-order valence-electron chi connectivity index (χ0n) is 11.1. The van der Waals surface area contributed by atoms with Gasteiger partial charge in [-0.05, 0) is 6.92 Å². The molecule has 0 spiro atoms. The molecule has 0 aliphatic rings. The van der Waals surface area contributed by atoms with Gasteiger partial charge >= 0.3 is 8.25 Å². The van der Waals surface area contributed by atoms with Crippen molar-refractivity contribution in [2.45, 2.75) is 19.3 Å². The van der Waals surface area contributed by atoms with Crippen molar-refractivity contribution >= 4 is 25.2 Å². The third kappa shape index (κ3) is 3.67. The van der Waals surface area contributed by atoms with Crippen LogP contribution in [-0.2, 0) is 13.8 Å². The van der Waals surface area contributed by atoms with Crippen molar-refractivity contribution < 1.29 is 23.1 Å². The van der Waals surface area contributed by atoms with E-state index in [1.807, 2.05) is 0 Å². The molecule has 2 heterocycles. The van der Waals surface area contributed by atoms with Crippen LogP contribution in [0.5, 0.6) is 0 Å². The topological polar surface area (TPSA) is 125 Å². The van der Waals surface area contributed by atoms with Gasteiger partial charge in [0.25, 0.3) is 0 Å². The van der Waals surface area contributed by atoms with Gasteiger partial charge in [-0.2, -0.15) is 0 Å². The van der Waals surface area contributed by atoms with E-state index in [9.17, 15) is 8.96 Å². The summed E-state index contributed by atoms with van der Waals surface area (Å²) >= 11 is 0. The molecule has 0 radical (unpaired) electrons. The molecule has 9 nitrogen and oxygen atoms in total. The molecule has 0 fully saturated rings. The number of halogens is 1. The number of nitrogen functional groups attached to an aromatic ring is 1. The summed E-state index contributed by atoms with van der Waals surface area (Å²) in [6, 6.07) is 0. The summed E-state index contributed by atoms with van der Waals surface area (Å²) in [7, 11) is -2.79. The number of hydrogen-bond acceptors (Lipinski definition) is 7. The van der Waals surface area contributed by atoms with E-state index in [0.29, 0.717) is 11.2 Å². The molecular formula is C10H14FN5O4P+. The van der Waals surface area contributed by atoms with E-state index in [-0.39, 0.29) is 12.4 Å². The lowest BCUT2D eigenvalue weighted by Gasteiger charge is -2.19. The molecule has 0 amide bonds. The third-order valence-corrected chi connectivity index (χ3v) is 3.08. The Labute approximate surface area is 119 Å². The number of nitrogens with zero attached hydrogens (tertiary/aromatic N) is 4. The molecule has 0 aliphatic carbocycles. The normalized spacial score (nSPS) is 15.1. The maximum Gasteiger partial charge on any atom is 0.694 e. The zero-order chi connectivity index (χ0) is 15.4. The van der Waals surface area contributed by atoms with Gasteiger partial charge in [-0.15, -0.1) is 9.42 Å². The number of rotatable bonds is 7. The largest absolute Gasteiger partial charge is 0.694 e. The predicted molar refractivity (Wildman–Crippen MR) is 71.1 cm³/mol. The smallest absolute Gasteiger partial charge is 0.382 e. The summed E-state index contributed by atoms with van der Waals surface area (Å²) in [5.41, 5.74) is 6.53. The first kappa shape index (κ1) is 15.6. The zero-order valence-corrected chi connectivity index (χ0v) is 12.0. The molecule has 11 heteroatoms. The maximum atomic E-state index is 12.8. The average Bonchev–Trinajstić information content (AvgIpc) is 2.88. The van der Waals surface area contributed by atoms with Crippen LogP contribution in [-0.4, -0.2) is 43.8 Å². The summed E-state index contributed by atoms with van der Waals surface area (Å²) in [6.07, 6.45) is 1.13. The molecule has 2 rings (SSSR count). The number of ether oxygens (including phenoxy) is 1. The summed E-state index contributed by atoms with van der Waals surface area (Å²) in [5, 5.41) is 0. The minimum absolute atomic E-state index is 0.230. The number of anilines is 1. The lowest BCUT2D eigenvalue weighted by Crippen LogP contribution is -2.25. The van der Waals surface area contributed by atoms with Crippen molar-refractivity contribution in [3.05, 3.63) is 12.7 Å². The van der Waals surface area contributed by atoms with Crippen LogP contribution >= 0.6 is 8.25 Å². The highest BCUT2D eigenvalue weighted by molar-refractivity contribution is 7.32. The minimum atomic E-state index is -2.79. The van der Waals surface area contributed by atoms with Crippen LogP contribution in [0, 0.1) is 0 Å². The van der Waals surface area contributed by atoms with Crippen molar-refractivity contribution in [3.63, 3.8) is 0 Å². The van der Waals surface area contributed by atoms with Gasteiger partial charge in [-0.3, -0.25) is 4.57 Å². The first-order valence-electron chi connectivity index (χ1n) is 5.96. The molecule has 0 bridgehead atoms. The standard InChI is InChI=1S/C10H13FN5O4P/c1-6(20-7(2-11)3-19-21(17)18)16-5-15-8-9(12)13-4-14-10(8)16/h4-7H,2-3H2,1H3,(H2-,12,13,14,17,18)/p+1/t6-,7+/m1/s1. The first-order chi connectivity index (χ1) is 10.0. The molecule has 2 aromatic heterocycles. The van der Waals surface area contributed by atoms with Crippen LogP contribution in [0.1, 0.15) is 13.2 Å². The first-order valence-corrected chi connectivity index (χ1v) is 7.09. The molecule has 1 unspecified atom stereocenters. The summed E-state index contributed by atoms with van der Waals surface area (Å²) in [5.74, 6) is 0.230. The number of aromatic nitrogens is 4. The molecule has 114 valence electrons. The third-order valence-electron chi connectivity index (χ3n) is 2.71. The van der Waals surface area contributed by atoms with Gasteiger partial charge in [0.1, 0.15) is 37.5 Å². The van der Waals surface area contributed by atoms with E-state index in [1.165, 1.54) is 12.7 Å². The summed E-state index contributed by atoms with van der Waals surface area (Å²) < 4.78 is 34.7. The van der Waals surface area contributed by atoms with Gasteiger partial charge in [0.2, 0.25) is 0 Å². The van der Waals surface area contributed by atoms with Gasteiger partial charge in [-0.1, -0.05) is 0 Å². The van der Waals surface area contributed by atoms with Crippen LogP contribution in [0.2, 0.25) is 0 Å². The second kappa shape index (κ2) is 6.81. The Balaban J connectivity index is 2.12. The Kier molecular flexibility index (Phi) is 5.07. The fourth-order valence-electron chi connectivity index (χ4n) is 1.75. The second-order valence-electron chi connectivity index (χ2n) is 4.13. The van der Waals surface area contributed by atoms with Gasteiger partial charge in [0.15, 0.2) is 11.5 Å². The molecule has 3 N–H and O–H groups in total. The lowest BCUT2D eigenvalue weighted by atomic mass is 10.4. The van der Waals surface area contributed by atoms with Crippen molar-refractivity contribution in [1.82, 2.24) is 19.5 Å². The molecule has 21 heavy (non-hydrogen) atoms. The average molecular weight is 318 g/mol. The SMILES string of the molecule is C[C@@H](O[C@@H](CF)CO[P+](=O)O)n1cnc2c(N)ncnc21. The molecular weight excluding hydrogens is 304 g/mol. The highest BCUT2D eigenvalue weighted by Gasteiger charge is 2.22.